The summed E-state index contributed by atoms with van der Waals surface area (Å²) in [6.45, 7) is 37.4. The predicted octanol–water partition coefficient (Wildman–Crippen LogP) is 6.57. The Balaban J connectivity index is -0.0000000322. The molecule has 4 fully saturated rings. The molecule has 2 aromatic heterocycles. The summed E-state index contributed by atoms with van der Waals surface area (Å²) in [4.78, 5) is 8.37. The van der Waals surface area contributed by atoms with E-state index in [0.717, 1.165) is 11.4 Å². The van der Waals surface area contributed by atoms with Gasteiger partial charge in [-0.3, -0.25) is 9.97 Å². The maximum atomic E-state index is 7.50. The van der Waals surface area contributed by atoms with Gasteiger partial charge >= 0.3 is 145 Å². The van der Waals surface area contributed by atoms with Gasteiger partial charge in [0.25, 0.3) is 0 Å². The fourth-order valence-electron chi connectivity index (χ4n) is 2.14. The molecule has 22 radical (unpaired) electrons. The molecule has 2 heterocycles. The van der Waals surface area contributed by atoms with E-state index in [-0.39, 0.29) is 88.1 Å². The Morgan fingerprint density at radius 2 is 0.610 bits per heavy atom. The molecule has 59 heavy (non-hydrogen) atoms. The minimum atomic E-state index is -0.743. The van der Waals surface area contributed by atoms with Crippen LogP contribution in [0.1, 0.15) is 6.92 Å². The van der Waals surface area contributed by atoms with Crippen LogP contribution in [0, 0.1) is 193 Å². The topological polar surface area (TPSA) is 209 Å². The van der Waals surface area contributed by atoms with Gasteiger partial charge in [-0.05, 0) is 24.3 Å². The van der Waals surface area contributed by atoms with Gasteiger partial charge in [-0.25, -0.2) is 51.4 Å². The molecule has 0 saturated heterocycles. The summed E-state index contributed by atoms with van der Waals surface area (Å²) in [5.41, 5.74) is 1.83. The molecular formula is C40H27Cl2Fe4Ga2N3O8-2. The van der Waals surface area contributed by atoms with E-state index in [0.29, 0.717) is 0 Å². The number of nitrogens with zero attached hydrogens (tertiary/aromatic N) is 3. The van der Waals surface area contributed by atoms with E-state index in [1.807, 2.05) is 139 Å². The number of hydrogen-bond donors (Lipinski definition) is 0. The normalized spacial score (nSPS) is 10.8. The van der Waals surface area contributed by atoms with Gasteiger partial charge in [-0.15, -0.1) is 0 Å². The molecule has 0 amide bonds. The average molecular weight is 1110 g/mol. The molecule has 0 bridgehead atoms. The van der Waals surface area contributed by atoms with Gasteiger partial charge in [0.05, 0.1) is 17.5 Å². The van der Waals surface area contributed by atoms with Crippen LogP contribution in [0.25, 0.3) is 11.4 Å². The molecule has 0 spiro atoms. The zero-order valence-corrected chi connectivity index (χ0v) is 41.1. The van der Waals surface area contributed by atoms with Gasteiger partial charge in [-0.2, -0.15) is 5.26 Å². The van der Waals surface area contributed by atoms with Crippen LogP contribution in [0.2, 0.25) is 0 Å². The first-order valence-electron chi connectivity index (χ1n) is 12.9. The summed E-state index contributed by atoms with van der Waals surface area (Å²) < 4.78 is 60.0. The smallest absolute Gasteiger partial charge is 0.255 e. The molecule has 4 saturated carbocycles. The monoisotopic (exact) mass is 1110 g/mol. The largest absolute Gasteiger partial charge is 3.00 e. The Morgan fingerprint density at radius 1 is 0.458 bits per heavy atom. The number of aromatic nitrogens is 2. The summed E-state index contributed by atoms with van der Waals surface area (Å²) in [7, 11) is 9.84. The van der Waals surface area contributed by atoms with Crippen molar-refractivity contribution in [3.8, 4) is 17.5 Å². The Morgan fingerprint density at radius 3 is 0.695 bits per heavy atom. The number of halogens is 2. The maximum Gasteiger partial charge on any atom is 3.00 e. The molecule has 11 nitrogen and oxygen atoms in total. The van der Waals surface area contributed by atoms with Crippen molar-refractivity contribution < 1.29 is 105 Å². The predicted molar refractivity (Wildman–Crippen MR) is 195 cm³/mol. The molecule has 0 aromatic carbocycles. The van der Waals surface area contributed by atoms with Crippen molar-refractivity contribution in [1.29, 1.82) is 5.26 Å². The Bertz CT molecular complexity index is 937. The standard InChI is InChI=1S/C10H8N2.4C5H4.C2H3N.8CO.2ClH.4Fe.2Ga/c1-3-7-11-9(5-1)10-6-2-4-8-12-10;4*1-2-4-5-3-1;1-2-3;8*1-2;;;;;;;;/h1-8H;4*1-4H;1H3;;;;;;;;;2*1H;;;;;;/q;4*-1;;;;;;;;;;;;;;;;+1;+3/p-2. The van der Waals surface area contributed by atoms with Crippen molar-refractivity contribution in [3.63, 3.8) is 0 Å². The quantitative estimate of drug-likeness (QED) is 0.176. The SMILES string of the molecule is CC#N.[C-]#[O+].[C-]#[O+].[C-]#[O+].[C-]#[O+].[C-]#[O+].[C-]#[O+].[C-]#[O+].[C-]#[O+].[C-]1[CH][CH][CH][CH]1.[C-]1[CH][CH][CH][CH]1.[C-]1[CH][CH][CH][CH]1.[C-]1[CH][CH][CH][CH]1.[Cl][Ga-][Cl].[Fe].[Fe].[Fe].[Fe].[Ga+3].c1ccc(-c2ccccn2)nc1. The van der Waals surface area contributed by atoms with E-state index < -0.39 is 15.4 Å². The molecule has 0 N–H and O–H groups in total. The molecule has 0 atom stereocenters. The zero-order chi connectivity index (χ0) is 43.8. The first-order valence-corrected chi connectivity index (χ1v) is 19.3. The summed E-state index contributed by atoms with van der Waals surface area (Å²) in [6, 6.07) is 13.3. The van der Waals surface area contributed by atoms with E-state index in [1.165, 1.54) is 6.92 Å². The Kier molecular flexibility index (Phi) is 216. The fourth-order valence-corrected chi connectivity index (χ4v) is 2.14. The number of nitriles is 1. The third-order valence-corrected chi connectivity index (χ3v) is 3.58. The summed E-state index contributed by atoms with van der Waals surface area (Å²) >= 11 is -0.743. The van der Waals surface area contributed by atoms with Crippen molar-refractivity contribution in [2.75, 3.05) is 0 Å². The minimum Gasteiger partial charge on any atom is -0.255 e. The van der Waals surface area contributed by atoms with Crippen LogP contribution < -0.4 is 0 Å². The molecular weight excluding hydrogens is 1080 g/mol. The third kappa shape index (κ3) is 114. The van der Waals surface area contributed by atoms with Gasteiger partial charge in [-0.1, -0.05) is 63.5 Å². The molecule has 304 valence electrons. The summed E-state index contributed by atoms with van der Waals surface area (Å²) in [5.74, 6) is 0. The van der Waals surface area contributed by atoms with Gasteiger partial charge in [0.15, 0.2) is 0 Å². The van der Waals surface area contributed by atoms with Crippen LogP contribution >= 0.6 is 19.3 Å². The maximum absolute atomic E-state index is 7.50. The summed E-state index contributed by atoms with van der Waals surface area (Å²) in [5, 5.41) is 7.32. The van der Waals surface area contributed by atoms with Crippen LogP contribution in [0.5, 0.6) is 0 Å². The van der Waals surface area contributed by atoms with Crippen LogP contribution in [-0.4, -0.2) is 45.2 Å². The van der Waals surface area contributed by atoms with E-state index in [9.17, 15) is 0 Å². The Labute approximate surface area is 425 Å². The Hall–Kier alpha value is -0.359. The van der Waals surface area contributed by atoms with Crippen molar-refractivity contribution >= 4 is 54.5 Å². The molecule has 0 unspecified atom stereocenters. The molecule has 2 aromatic rings. The minimum absolute atomic E-state index is 0. The number of hydrogen-bond acceptors (Lipinski definition) is 3. The van der Waals surface area contributed by atoms with Crippen molar-refractivity contribution in [1.82, 2.24) is 9.97 Å². The zero-order valence-electron chi connectivity index (χ0n) is 30.3. The van der Waals surface area contributed by atoms with Crippen LogP contribution in [0.3, 0.4) is 0 Å². The van der Waals surface area contributed by atoms with Crippen LogP contribution in [0.4, 0.5) is 0 Å². The molecule has 0 aliphatic heterocycles. The second-order valence-corrected chi connectivity index (χ2v) is 10.1. The van der Waals surface area contributed by atoms with Gasteiger partial charge < -0.3 is 25.7 Å². The molecule has 6 rings (SSSR count). The number of pyridine rings is 2. The van der Waals surface area contributed by atoms with Crippen molar-refractivity contribution in [3.05, 3.63) is 230 Å². The van der Waals surface area contributed by atoms with Crippen molar-refractivity contribution in [2.45, 2.75) is 6.92 Å². The third-order valence-electron chi connectivity index (χ3n) is 3.58. The first-order chi connectivity index (χ1) is 26.8. The first kappa shape index (κ1) is 97.8. The van der Waals surface area contributed by atoms with Crippen LogP contribution in [-0.2, 0) is 105 Å². The van der Waals surface area contributed by atoms with Gasteiger partial charge in [0.1, 0.15) is 0 Å². The van der Waals surface area contributed by atoms with E-state index in [4.69, 9.17) is 61.8 Å². The molecule has 4 aliphatic carbocycles. The molecule has 19 heteroatoms. The molecule has 4 aliphatic rings. The van der Waals surface area contributed by atoms with Crippen molar-refractivity contribution in [2.24, 2.45) is 0 Å². The van der Waals surface area contributed by atoms with Crippen LogP contribution in [0.15, 0.2) is 48.8 Å². The fraction of sp³-hybridized carbons (Fsp3) is 0.0250. The van der Waals surface area contributed by atoms with Gasteiger partial charge in [0.2, 0.25) is 0 Å². The number of rotatable bonds is 1. The van der Waals surface area contributed by atoms with Gasteiger partial charge in [0, 0.05) is 87.6 Å². The van der Waals surface area contributed by atoms with E-state index >= 15 is 0 Å². The van der Waals surface area contributed by atoms with E-state index in [2.05, 4.69) is 88.9 Å². The second-order valence-electron chi connectivity index (χ2n) is 6.28. The van der Waals surface area contributed by atoms with E-state index in [1.54, 1.807) is 18.5 Å². The second kappa shape index (κ2) is 131. The average Bonchev–Trinajstić information content (AvgIpc) is 4.16. The summed E-state index contributed by atoms with van der Waals surface area (Å²) in [6.07, 6.45) is 45.5.